The molecule has 0 spiro atoms. The first-order valence-corrected chi connectivity index (χ1v) is 8.37. The Kier molecular flexibility index (Phi) is 5.75. The Morgan fingerprint density at radius 2 is 2.00 bits per heavy atom. The summed E-state index contributed by atoms with van der Waals surface area (Å²) in [6.07, 6.45) is 1.58. The van der Waals surface area contributed by atoms with Crippen molar-refractivity contribution in [3.63, 3.8) is 0 Å². The molecule has 132 valence electrons. The highest BCUT2D eigenvalue weighted by Gasteiger charge is 2.34. The molecule has 2 heterocycles. The SMILES string of the molecule is CC(=O)N1CC(C(=O)NCC(C)N(C)c2cc(C(C)C)ncn2)C1. The van der Waals surface area contributed by atoms with Crippen LogP contribution >= 0.6 is 0 Å². The average molecular weight is 333 g/mol. The molecule has 2 rings (SSSR count). The van der Waals surface area contributed by atoms with Gasteiger partial charge in [0.2, 0.25) is 11.8 Å². The van der Waals surface area contributed by atoms with E-state index >= 15 is 0 Å². The average Bonchev–Trinajstić information content (AvgIpc) is 2.50. The van der Waals surface area contributed by atoms with Crippen LogP contribution in [0.4, 0.5) is 5.82 Å². The Labute approximate surface area is 143 Å². The zero-order valence-corrected chi connectivity index (χ0v) is 15.1. The van der Waals surface area contributed by atoms with Gasteiger partial charge in [-0.1, -0.05) is 13.8 Å². The molecule has 1 atom stereocenters. The fourth-order valence-corrected chi connectivity index (χ4v) is 2.53. The number of hydrogen-bond donors (Lipinski definition) is 1. The van der Waals surface area contributed by atoms with Crippen molar-refractivity contribution < 1.29 is 9.59 Å². The van der Waals surface area contributed by atoms with Crippen LogP contribution < -0.4 is 10.2 Å². The summed E-state index contributed by atoms with van der Waals surface area (Å²) in [6.45, 7) is 9.34. The molecule has 2 amide bonds. The lowest BCUT2D eigenvalue weighted by Gasteiger charge is -2.37. The number of nitrogens with one attached hydrogen (secondary N) is 1. The van der Waals surface area contributed by atoms with Crippen molar-refractivity contribution >= 4 is 17.6 Å². The first-order chi connectivity index (χ1) is 11.3. The minimum Gasteiger partial charge on any atom is -0.355 e. The summed E-state index contributed by atoms with van der Waals surface area (Å²) in [5, 5.41) is 2.97. The number of aromatic nitrogens is 2. The lowest BCUT2D eigenvalue weighted by molar-refractivity contribution is -0.141. The van der Waals surface area contributed by atoms with E-state index in [0.29, 0.717) is 25.6 Å². The van der Waals surface area contributed by atoms with Gasteiger partial charge in [-0.25, -0.2) is 9.97 Å². The summed E-state index contributed by atoms with van der Waals surface area (Å²) in [5.41, 5.74) is 1.00. The van der Waals surface area contributed by atoms with Crippen LogP contribution in [0.3, 0.4) is 0 Å². The molecule has 1 aliphatic heterocycles. The summed E-state index contributed by atoms with van der Waals surface area (Å²) in [4.78, 5) is 35.6. The van der Waals surface area contributed by atoms with Crippen LogP contribution in [0.15, 0.2) is 12.4 Å². The molecule has 1 aromatic rings. The maximum atomic E-state index is 12.1. The molecular formula is C17H27N5O2. The minimum atomic E-state index is -0.0852. The highest BCUT2D eigenvalue weighted by molar-refractivity contribution is 5.83. The monoisotopic (exact) mass is 333 g/mol. The predicted molar refractivity (Wildman–Crippen MR) is 92.7 cm³/mol. The second-order valence-electron chi connectivity index (χ2n) is 6.78. The summed E-state index contributed by atoms with van der Waals surface area (Å²) < 4.78 is 0. The lowest BCUT2D eigenvalue weighted by atomic mass is 9.99. The maximum Gasteiger partial charge on any atom is 0.226 e. The number of likely N-dealkylation sites (tertiary alicyclic amines) is 1. The Balaban J connectivity index is 1.84. The Bertz CT molecular complexity index is 598. The first kappa shape index (κ1) is 18.2. The highest BCUT2D eigenvalue weighted by Crippen LogP contribution is 2.18. The Morgan fingerprint density at radius 1 is 1.33 bits per heavy atom. The second-order valence-corrected chi connectivity index (χ2v) is 6.78. The third kappa shape index (κ3) is 4.21. The second kappa shape index (κ2) is 7.59. The predicted octanol–water partition coefficient (Wildman–Crippen LogP) is 1.02. The van der Waals surface area contributed by atoms with Gasteiger partial charge in [-0.05, 0) is 12.8 Å². The third-order valence-corrected chi connectivity index (χ3v) is 4.56. The van der Waals surface area contributed by atoms with Crippen LogP contribution in [-0.2, 0) is 9.59 Å². The maximum absolute atomic E-state index is 12.1. The fourth-order valence-electron chi connectivity index (χ4n) is 2.53. The molecule has 1 N–H and O–H groups in total. The van der Waals surface area contributed by atoms with E-state index < -0.39 is 0 Å². The van der Waals surface area contributed by atoms with Gasteiger partial charge in [0.1, 0.15) is 12.1 Å². The summed E-state index contributed by atoms with van der Waals surface area (Å²) >= 11 is 0. The van der Waals surface area contributed by atoms with Crippen LogP contribution in [0, 0.1) is 5.92 Å². The molecule has 1 aromatic heterocycles. The van der Waals surface area contributed by atoms with Crippen LogP contribution in [0.5, 0.6) is 0 Å². The van der Waals surface area contributed by atoms with E-state index in [2.05, 4.69) is 29.1 Å². The summed E-state index contributed by atoms with van der Waals surface area (Å²) in [5.74, 6) is 1.15. The molecule has 0 saturated carbocycles. The lowest BCUT2D eigenvalue weighted by Crippen LogP contribution is -2.56. The molecular weight excluding hydrogens is 306 g/mol. The smallest absolute Gasteiger partial charge is 0.226 e. The molecule has 0 aliphatic carbocycles. The molecule has 1 saturated heterocycles. The summed E-state index contributed by atoms with van der Waals surface area (Å²) in [7, 11) is 1.96. The van der Waals surface area contributed by atoms with Crippen molar-refractivity contribution in [2.75, 3.05) is 31.6 Å². The van der Waals surface area contributed by atoms with Crippen molar-refractivity contribution in [1.29, 1.82) is 0 Å². The largest absolute Gasteiger partial charge is 0.355 e. The van der Waals surface area contributed by atoms with Gasteiger partial charge in [0.25, 0.3) is 0 Å². The highest BCUT2D eigenvalue weighted by atomic mass is 16.2. The first-order valence-electron chi connectivity index (χ1n) is 8.37. The third-order valence-electron chi connectivity index (χ3n) is 4.56. The molecule has 1 aliphatic rings. The number of carbonyl (C=O) groups excluding carboxylic acids is 2. The molecule has 0 radical (unpaired) electrons. The van der Waals surface area contributed by atoms with Gasteiger partial charge in [0.15, 0.2) is 0 Å². The minimum absolute atomic E-state index is 0.0123. The number of nitrogens with zero attached hydrogens (tertiary/aromatic N) is 4. The number of rotatable bonds is 6. The quantitative estimate of drug-likeness (QED) is 0.841. The van der Waals surface area contributed by atoms with E-state index in [1.165, 1.54) is 6.92 Å². The van der Waals surface area contributed by atoms with Gasteiger partial charge >= 0.3 is 0 Å². The van der Waals surface area contributed by atoms with Gasteiger partial charge in [-0.15, -0.1) is 0 Å². The van der Waals surface area contributed by atoms with Crippen LogP contribution in [-0.4, -0.2) is 59.4 Å². The van der Waals surface area contributed by atoms with E-state index in [1.807, 2.05) is 24.9 Å². The van der Waals surface area contributed by atoms with Gasteiger partial charge in [0, 0.05) is 51.4 Å². The number of carbonyl (C=O) groups is 2. The molecule has 1 unspecified atom stereocenters. The number of anilines is 1. The van der Waals surface area contributed by atoms with Crippen molar-refractivity contribution in [1.82, 2.24) is 20.2 Å². The standard InChI is InChI=1S/C17H27N5O2/c1-11(2)15-6-16(20-10-19-15)21(5)12(3)7-18-17(24)14-8-22(9-14)13(4)23/h6,10-12,14H,7-9H2,1-5H3,(H,18,24). The number of hydrogen-bond acceptors (Lipinski definition) is 5. The Morgan fingerprint density at radius 3 is 2.58 bits per heavy atom. The van der Waals surface area contributed by atoms with Gasteiger partial charge in [-0.2, -0.15) is 0 Å². The van der Waals surface area contributed by atoms with Gasteiger partial charge in [0.05, 0.1) is 5.92 Å². The van der Waals surface area contributed by atoms with Crippen molar-refractivity contribution in [2.45, 2.75) is 39.7 Å². The van der Waals surface area contributed by atoms with Gasteiger partial charge in [-0.3, -0.25) is 9.59 Å². The molecule has 0 bridgehead atoms. The Hall–Kier alpha value is -2.18. The topological polar surface area (TPSA) is 78.4 Å². The van der Waals surface area contributed by atoms with E-state index in [4.69, 9.17) is 0 Å². The van der Waals surface area contributed by atoms with Crippen molar-refractivity contribution in [3.8, 4) is 0 Å². The zero-order valence-electron chi connectivity index (χ0n) is 15.1. The number of amides is 2. The molecule has 1 fully saturated rings. The van der Waals surface area contributed by atoms with Crippen molar-refractivity contribution in [3.05, 3.63) is 18.1 Å². The van der Waals surface area contributed by atoms with E-state index in [0.717, 1.165) is 11.5 Å². The van der Waals surface area contributed by atoms with E-state index in [1.54, 1.807) is 11.2 Å². The van der Waals surface area contributed by atoms with E-state index in [9.17, 15) is 9.59 Å². The molecule has 0 aromatic carbocycles. The molecule has 24 heavy (non-hydrogen) atoms. The van der Waals surface area contributed by atoms with Crippen LogP contribution in [0.1, 0.15) is 39.3 Å². The van der Waals surface area contributed by atoms with E-state index in [-0.39, 0.29) is 23.8 Å². The summed E-state index contributed by atoms with van der Waals surface area (Å²) in [6, 6.07) is 2.09. The van der Waals surface area contributed by atoms with Crippen LogP contribution in [0.25, 0.3) is 0 Å². The molecule has 7 nitrogen and oxygen atoms in total. The fraction of sp³-hybridized carbons (Fsp3) is 0.647. The normalized spacial score (nSPS) is 15.8. The number of likely N-dealkylation sites (N-methyl/N-ethyl adjacent to an activating group) is 1. The van der Waals surface area contributed by atoms with Crippen molar-refractivity contribution in [2.24, 2.45) is 5.92 Å². The van der Waals surface area contributed by atoms with Crippen LogP contribution in [0.2, 0.25) is 0 Å². The van der Waals surface area contributed by atoms with Gasteiger partial charge < -0.3 is 15.1 Å². The zero-order chi connectivity index (χ0) is 17.9. The molecule has 7 heteroatoms.